The summed E-state index contributed by atoms with van der Waals surface area (Å²) in [6, 6.07) is 8.53. The summed E-state index contributed by atoms with van der Waals surface area (Å²) in [6.45, 7) is 2.78. The summed E-state index contributed by atoms with van der Waals surface area (Å²) in [5.41, 5.74) is 3.47. The Morgan fingerprint density at radius 3 is 2.77 bits per heavy atom. The van der Waals surface area contributed by atoms with Crippen LogP contribution in [0.5, 0.6) is 0 Å². The van der Waals surface area contributed by atoms with Crippen molar-refractivity contribution in [1.82, 2.24) is 20.0 Å². The molecule has 5 nitrogen and oxygen atoms in total. The molecule has 0 saturated heterocycles. The van der Waals surface area contributed by atoms with Gasteiger partial charge in [0.25, 0.3) is 0 Å². The van der Waals surface area contributed by atoms with Crippen molar-refractivity contribution in [3.63, 3.8) is 0 Å². The van der Waals surface area contributed by atoms with Crippen LogP contribution >= 0.6 is 0 Å². The molecule has 1 aromatic heterocycles. The zero-order chi connectivity index (χ0) is 16.1. The fraction of sp³-hybridized carbons (Fsp3) is 0.412. The fourth-order valence-electron chi connectivity index (χ4n) is 2.24. The third kappa shape index (κ3) is 4.43. The lowest BCUT2D eigenvalue weighted by Crippen LogP contribution is -2.32. The number of aryl methyl sites for hydroxylation is 1. The molecule has 118 valence electrons. The van der Waals surface area contributed by atoms with Gasteiger partial charge in [0, 0.05) is 51.9 Å². The van der Waals surface area contributed by atoms with Crippen LogP contribution in [0.2, 0.25) is 0 Å². The van der Waals surface area contributed by atoms with Crippen LogP contribution < -0.4 is 5.32 Å². The van der Waals surface area contributed by atoms with E-state index in [0.29, 0.717) is 6.42 Å². The third-order valence-electron chi connectivity index (χ3n) is 3.60. The van der Waals surface area contributed by atoms with E-state index in [4.69, 9.17) is 0 Å². The zero-order valence-corrected chi connectivity index (χ0v) is 13.7. The molecule has 1 unspecified atom stereocenters. The molecule has 1 aromatic carbocycles. The molecule has 1 atom stereocenters. The highest BCUT2D eigenvalue weighted by Gasteiger charge is 2.10. The number of amides is 1. The van der Waals surface area contributed by atoms with Crippen molar-refractivity contribution in [2.24, 2.45) is 7.05 Å². The zero-order valence-electron chi connectivity index (χ0n) is 13.7. The number of hydrogen-bond donors (Lipinski definition) is 1. The van der Waals surface area contributed by atoms with Gasteiger partial charge in [0.05, 0.1) is 6.20 Å². The van der Waals surface area contributed by atoms with E-state index in [1.165, 1.54) is 5.56 Å². The van der Waals surface area contributed by atoms with Gasteiger partial charge in [0.2, 0.25) is 5.91 Å². The number of benzene rings is 1. The normalized spacial score (nSPS) is 12.2. The second kappa shape index (κ2) is 7.22. The van der Waals surface area contributed by atoms with Crippen molar-refractivity contribution in [1.29, 1.82) is 0 Å². The molecular formula is C17H24N4O. The number of carbonyl (C=O) groups excluding carboxylic acids is 1. The second-order valence-electron chi connectivity index (χ2n) is 5.88. The van der Waals surface area contributed by atoms with Crippen molar-refractivity contribution in [2.75, 3.05) is 14.1 Å². The first-order chi connectivity index (χ1) is 10.5. The van der Waals surface area contributed by atoms with Crippen LogP contribution in [0.15, 0.2) is 36.7 Å². The summed E-state index contributed by atoms with van der Waals surface area (Å²) in [7, 11) is 5.48. The van der Waals surface area contributed by atoms with Gasteiger partial charge in [0.15, 0.2) is 0 Å². The molecule has 1 amide bonds. The number of rotatable bonds is 6. The van der Waals surface area contributed by atoms with Gasteiger partial charge >= 0.3 is 0 Å². The Hall–Kier alpha value is -2.14. The Morgan fingerprint density at radius 1 is 1.36 bits per heavy atom. The van der Waals surface area contributed by atoms with E-state index in [0.717, 1.165) is 17.7 Å². The molecule has 0 saturated carbocycles. The van der Waals surface area contributed by atoms with E-state index in [-0.39, 0.29) is 11.9 Å². The van der Waals surface area contributed by atoms with Gasteiger partial charge in [-0.05, 0) is 24.1 Å². The van der Waals surface area contributed by atoms with Crippen LogP contribution in [0.3, 0.4) is 0 Å². The summed E-state index contributed by atoms with van der Waals surface area (Å²) in [5.74, 6) is 0.143. The number of hydrogen-bond acceptors (Lipinski definition) is 3. The predicted octanol–water partition coefficient (Wildman–Crippen LogP) is 2.04. The fourth-order valence-corrected chi connectivity index (χ4v) is 2.24. The lowest BCUT2D eigenvalue weighted by Gasteiger charge is -2.16. The topological polar surface area (TPSA) is 50.2 Å². The summed E-state index contributed by atoms with van der Waals surface area (Å²) < 4.78 is 1.80. The van der Waals surface area contributed by atoms with Gasteiger partial charge in [0.1, 0.15) is 0 Å². The summed E-state index contributed by atoms with van der Waals surface area (Å²) in [5, 5.41) is 7.61. The van der Waals surface area contributed by atoms with Crippen LogP contribution in [0, 0.1) is 0 Å². The molecule has 0 bridgehead atoms. The Balaban J connectivity index is 1.95. The quantitative estimate of drug-likeness (QED) is 0.888. The highest BCUT2D eigenvalue weighted by molar-refractivity contribution is 5.76. The molecule has 22 heavy (non-hydrogen) atoms. The van der Waals surface area contributed by atoms with E-state index in [9.17, 15) is 4.79 Å². The van der Waals surface area contributed by atoms with Gasteiger partial charge in [-0.15, -0.1) is 0 Å². The monoisotopic (exact) mass is 300 g/mol. The van der Waals surface area contributed by atoms with Crippen molar-refractivity contribution >= 4 is 5.91 Å². The molecule has 0 aliphatic carbocycles. The number of nitrogens with one attached hydrogen (secondary N) is 1. The standard InChI is InChI=1S/C17H24N4O/c1-13(8-17(22)20(2)3)18-10-14-6-5-7-15(9-14)16-11-19-21(4)12-16/h5-7,9,11-13,18H,8,10H2,1-4H3. The maximum absolute atomic E-state index is 11.7. The van der Waals surface area contributed by atoms with Crippen LogP contribution in [0.25, 0.3) is 11.1 Å². The second-order valence-corrected chi connectivity index (χ2v) is 5.88. The maximum atomic E-state index is 11.7. The molecule has 1 heterocycles. The highest BCUT2D eigenvalue weighted by atomic mass is 16.2. The smallest absolute Gasteiger partial charge is 0.223 e. The molecular weight excluding hydrogens is 276 g/mol. The number of nitrogens with zero attached hydrogens (tertiary/aromatic N) is 3. The SMILES string of the molecule is CC(CC(=O)N(C)C)NCc1cccc(-c2cnn(C)c2)c1. The Morgan fingerprint density at radius 2 is 2.14 bits per heavy atom. The number of aromatic nitrogens is 2. The largest absolute Gasteiger partial charge is 0.349 e. The first-order valence-electron chi connectivity index (χ1n) is 7.47. The van der Waals surface area contributed by atoms with Crippen LogP contribution in [0.1, 0.15) is 18.9 Å². The van der Waals surface area contributed by atoms with E-state index in [1.807, 2.05) is 26.4 Å². The molecule has 0 radical (unpaired) electrons. The lowest BCUT2D eigenvalue weighted by molar-refractivity contribution is -0.129. The molecule has 0 aliphatic heterocycles. The van der Waals surface area contributed by atoms with Crippen LogP contribution in [-0.2, 0) is 18.4 Å². The van der Waals surface area contributed by atoms with Crippen LogP contribution in [-0.4, -0.2) is 40.7 Å². The van der Waals surface area contributed by atoms with Crippen molar-refractivity contribution in [2.45, 2.75) is 25.9 Å². The van der Waals surface area contributed by atoms with Gasteiger partial charge in [-0.3, -0.25) is 9.48 Å². The molecule has 0 fully saturated rings. The average molecular weight is 300 g/mol. The Bertz CT molecular complexity index is 633. The Kier molecular flexibility index (Phi) is 5.33. The Labute approximate surface area is 131 Å². The molecule has 0 aliphatic rings. The highest BCUT2D eigenvalue weighted by Crippen LogP contribution is 2.19. The van der Waals surface area contributed by atoms with Crippen LogP contribution in [0.4, 0.5) is 0 Å². The molecule has 2 aromatic rings. The van der Waals surface area contributed by atoms with Gasteiger partial charge in [-0.1, -0.05) is 18.2 Å². The average Bonchev–Trinajstić information content (AvgIpc) is 2.92. The van der Waals surface area contributed by atoms with Gasteiger partial charge in [-0.2, -0.15) is 5.10 Å². The minimum Gasteiger partial charge on any atom is -0.349 e. The summed E-state index contributed by atoms with van der Waals surface area (Å²) >= 11 is 0. The van der Waals surface area contributed by atoms with Gasteiger partial charge < -0.3 is 10.2 Å². The summed E-state index contributed by atoms with van der Waals surface area (Å²) in [6.07, 6.45) is 4.38. The predicted molar refractivity (Wildman–Crippen MR) is 88.3 cm³/mol. The lowest BCUT2D eigenvalue weighted by atomic mass is 10.1. The van der Waals surface area contributed by atoms with Crippen molar-refractivity contribution in [3.8, 4) is 11.1 Å². The molecule has 1 N–H and O–H groups in total. The molecule has 2 rings (SSSR count). The van der Waals surface area contributed by atoms with E-state index < -0.39 is 0 Å². The van der Waals surface area contributed by atoms with Gasteiger partial charge in [-0.25, -0.2) is 0 Å². The first kappa shape index (κ1) is 16.2. The van der Waals surface area contributed by atoms with E-state index in [1.54, 1.807) is 23.7 Å². The van der Waals surface area contributed by atoms with Crippen molar-refractivity contribution < 1.29 is 4.79 Å². The number of carbonyl (C=O) groups is 1. The molecule has 0 spiro atoms. The van der Waals surface area contributed by atoms with E-state index >= 15 is 0 Å². The third-order valence-corrected chi connectivity index (χ3v) is 3.60. The van der Waals surface area contributed by atoms with Crippen molar-refractivity contribution in [3.05, 3.63) is 42.2 Å². The minimum atomic E-state index is 0.143. The first-order valence-corrected chi connectivity index (χ1v) is 7.47. The maximum Gasteiger partial charge on any atom is 0.223 e. The van der Waals surface area contributed by atoms with E-state index in [2.05, 4.69) is 34.7 Å². The minimum absolute atomic E-state index is 0.143. The molecule has 5 heteroatoms. The summed E-state index contributed by atoms with van der Waals surface area (Å²) in [4.78, 5) is 13.3.